The zero-order valence-corrected chi connectivity index (χ0v) is 10.8. The van der Waals surface area contributed by atoms with Crippen molar-refractivity contribution in [2.75, 3.05) is 24.0 Å². The molecule has 1 heterocycles. The largest absolute Gasteiger partial charge is 0.350 e. The van der Waals surface area contributed by atoms with E-state index >= 15 is 0 Å². The van der Waals surface area contributed by atoms with Crippen molar-refractivity contribution in [3.63, 3.8) is 0 Å². The molecule has 1 aromatic heterocycles. The fraction of sp³-hybridized carbons (Fsp3) is 0.500. The van der Waals surface area contributed by atoms with Crippen LogP contribution in [0.2, 0.25) is 0 Å². The summed E-state index contributed by atoms with van der Waals surface area (Å²) in [5, 5.41) is 2.81. The van der Waals surface area contributed by atoms with Crippen molar-refractivity contribution in [1.82, 2.24) is 15.3 Å². The predicted molar refractivity (Wildman–Crippen MR) is 69.7 cm³/mol. The first-order valence-corrected chi connectivity index (χ1v) is 6.62. The molecule has 0 fully saturated rings. The number of nitrogen functional groups attached to an aromatic ring is 1. The molecule has 4 N–H and O–H groups in total. The summed E-state index contributed by atoms with van der Waals surface area (Å²) in [5.41, 5.74) is 2.64. The van der Waals surface area contributed by atoms with Crippen LogP contribution in [-0.4, -0.2) is 34.4 Å². The highest BCUT2D eigenvalue weighted by atomic mass is 32.2. The maximum Gasteiger partial charge on any atom is 0.271 e. The van der Waals surface area contributed by atoms with Crippen LogP contribution in [0.3, 0.4) is 0 Å². The molecule has 0 bridgehead atoms. The first-order valence-electron chi connectivity index (χ1n) is 5.23. The Morgan fingerprint density at radius 3 is 2.82 bits per heavy atom. The van der Waals surface area contributed by atoms with E-state index in [9.17, 15) is 4.79 Å². The molecular weight excluding hydrogens is 238 g/mol. The smallest absolute Gasteiger partial charge is 0.271 e. The average molecular weight is 255 g/mol. The molecular formula is C10H17N5OS. The first-order chi connectivity index (χ1) is 8.17. The molecule has 0 saturated carbocycles. The second kappa shape index (κ2) is 7.08. The number of nitrogens with one attached hydrogen (secondary N) is 2. The Hall–Kier alpha value is -1.34. The number of nitrogens with two attached hydrogens (primary N) is 1. The van der Waals surface area contributed by atoms with Gasteiger partial charge >= 0.3 is 0 Å². The number of hydrogen-bond donors (Lipinski definition) is 3. The highest BCUT2D eigenvalue weighted by molar-refractivity contribution is 7.98. The van der Waals surface area contributed by atoms with Gasteiger partial charge in [-0.15, -0.1) is 0 Å². The first kappa shape index (κ1) is 13.7. The van der Waals surface area contributed by atoms with Crippen LogP contribution in [-0.2, 0) is 0 Å². The summed E-state index contributed by atoms with van der Waals surface area (Å²) in [6, 6.07) is 0. The van der Waals surface area contributed by atoms with Gasteiger partial charge < -0.3 is 10.7 Å². The number of nitrogens with zero attached hydrogens (tertiary/aromatic N) is 2. The number of anilines is 1. The van der Waals surface area contributed by atoms with Gasteiger partial charge in [0.15, 0.2) is 5.82 Å². The number of amides is 1. The summed E-state index contributed by atoms with van der Waals surface area (Å²) < 4.78 is 0. The lowest BCUT2D eigenvalue weighted by Gasteiger charge is -2.10. The maximum atomic E-state index is 11.7. The molecule has 0 saturated heterocycles. The molecule has 0 spiro atoms. The van der Waals surface area contributed by atoms with Crippen LogP contribution in [0, 0.1) is 5.92 Å². The predicted octanol–water partition coefficient (Wildman–Crippen LogP) is 0.491. The van der Waals surface area contributed by atoms with E-state index in [-0.39, 0.29) is 5.91 Å². The van der Waals surface area contributed by atoms with Gasteiger partial charge in [-0.25, -0.2) is 15.8 Å². The van der Waals surface area contributed by atoms with E-state index in [1.165, 1.54) is 12.4 Å². The summed E-state index contributed by atoms with van der Waals surface area (Å²) >= 11 is 1.76. The van der Waals surface area contributed by atoms with Crippen molar-refractivity contribution < 1.29 is 4.79 Å². The van der Waals surface area contributed by atoms with E-state index in [0.29, 0.717) is 24.0 Å². The van der Waals surface area contributed by atoms with E-state index in [4.69, 9.17) is 5.84 Å². The van der Waals surface area contributed by atoms with E-state index in [0.717, 1.165) is 5.75 Å². The van der Waals surface area contributed by atoms with Crippen LogP contribution in [0.4, 0.5) is 5.82 Å². The monoisotopic (exact) mass is 255 g/mol. The fourth-order valence-electron chi connectivity index (χ4n) is 1.22. The fourth-order valence-corrected chi connectivity index (χ4v) is 1.91. The quantitative estimate of drug-likeness (QED) is 0.506. The average Bonchev–Trinajstić information content (AvgIpc) is 2.36. The second-order valence-corrected chi connectivity index (χ2v) is 4.61. The van der Waals surface area contributed by atoms with E-state index in [2.05, 4.69) is 27.6 Å². The highest BCUT2D eigenvalue weighted by Gasteiger charge is 2.09. The minimum Gasteiger partial charge on any atom is -0.350 e. The van der Waals surface area contributed by atoms with E-state index in [1.807, 2.05) is 6.26 Å². The number of carbonyl (C=O) groups is 1. The standard InChI is InChI=1S/C10H17N5OS/c1-7(6-17-2)3-14-10(16)8-4-13-9(15-11)5-12-8/h4-5,7H,3,6,11H2,1-2H3,(H,13,15)(H,14,16). The van der Waals surface area contributed by atoms with Gasteiger partial charge in [0.05, 0.1) is 12.4 Å². The van der Waals surface area contributed by atoms with Crippen LogP contribution in [0.25, 0.3) is 0 Å². The van der Waals surface area contributed by atoms with Gasteiger partial charge in [0.25, 0.3) is 5.91 Å². The molecule has 0 aromatic carbocycles. The Bertz CT molecular complexity index is 356. The number of hydrogen-bond acceptors (Lipinski definition) is 6. The van der Waals surface area contributed by atoms with Crippen molar-refractivity contribution in [2.24, 2.45) is 11.8 Å². The Morgan fingerprint density at radius 1 is 1.53 bits per heavy atom. The molecule has 0 aliphatic carbocycles. The van der Waals surface area contributed by atoms with Crippen LogP contribution in [0.1, 0.15) is 17.4 Å². The van der Waals surface area contributed by atoms with Crippen molar-refractivity contribution in [3.05, 3.63) is 18.1 Å². The van der Waals surface area contributed by atoms with Gasteiger partial charge in [-0.3, -0.25) is 4.79 Å². The lowest BCUT2D eigenvalue weighted by molar-refractivity contribution is 0.0944. The third-order valence-corrected chi connectivity index (χ3v) is 3.00. The van der Waals surface area contributed by atoms with Crippen LogP contribution >= 0.6 is 11.8 Å². The Morgan fingerprint density at radius 2 is 2.29 bits per heavy atom. The number of thioether (sulfide) groups is 1. The zero-order valence-electron chi connectivity index (χ0n) is 9.93. The Balaban J connectivity index is 2.46. The Labute approximate surface area is 105 Å². The molecule has 6 nitrogen and oxygen atoms in total. The molecule has 94 valence electrons. The van der Waals surface area contributed by atoms with Gasteiger partial charge in [0.1, 0.15) is 5.69 Å². The van der Waals surface area contributed by atoms with Crippen molar-refractivity contribution >= 4 is 23.5 Å². The van der Waals surface area contributed by atoms with Crippen LogP contribution in [0.5, 0.6) is 0 Å². The van der Waals surface area contributed by atoms with Crippen LogP contribution in [0.15, 0.2) is 12.4 Å². The molecule has 0 aliphatic heterocycles. The van der Waals surface area contributed by atoms with E-state index < -0.39 is 0 Å². The lowest BCUT2D eigenvalue weighted by atomic mass is 10.2. The number of carbonyl (C=O) groups excluding carboxylic acids is 1. The van der Waals surface area contributed by atoms with Gasteiger partial charge in [-0.1, -0.05) is 6.92 Å². The van der Waals surface area contributed by atoms with Crippen molar-refractivity contribution in [2.45, 2.75) is 6.92 Å². The molecule has 1 amide bonds. The van der Waals surface area contributed by atoms with Gasteiger partial charge in [-0.2, -0.15) is 11.8 Å². The molecule has 1 unspecified atom stereocenters. The molecule has 1 rings (SSSR count). The topological polar surface area (TPSA) is 92.9 Å². The maximum absolute atomic E-state index is 11.7. The molecule has 0 aliphatic rings. The molecule has 0 radical (unpaired) electrons. The van der Waals surface area contributed by atoms with E-state index in [1.54, 1.807) is 11.8 Å². The summed E-state index contributed by atoms with van der Waals surface area (Å²) in [5.74, 6) is 6.82. The second-order valence-electron chi connectivity index (χ2n) is 3.70. The third-order valence-electron chi connectivity index (χ3n) is 2.09. The third kappa shape index (κ3) is 4.58. The highest BCUT2D eigenvalue weighted by Crippen LogP contribution is 2.03. The molecule has 1 aromatic rings. The summed E-state index contributed by atoms with van der Waals surface area (Å²) in [6.07, 6.45) is 4.85. The molecule has 7 heteroatoms. The van der Waals surface area contributed by atoms with Gasteiger partial charge in [-0.05, 0) is 17.9 Å². The SMILES string of the molecule is CSCC(C)CNC(=O)c1cnc(NN)cn1. The minimum absolute atomic E-state index is 0.214. The molecule has 17 heavy (non-hydrogen) atoms. The van der Waals surface area contributed by atoms with Gasteiger partial charge in [0.2, 0.25) is 0 Å². The minimum atomic E-state index is -0.214. The normalized spacial score (nSPS) is 11.9. The molecule has 1 atom stereocenters. The summed E-state index contributed by atoms with van der Waals surface area (Å²) in [6.45, 7) is 2.72. The lowest BCUT2D eigenvalue weighted by Crippen LogP contribution is -2.29. The summed E-state index contributed by atoms with van der Waals surface area (Å²) in [7, 11) is 0. The Kier molecular flexibility index (Phi) is 5.71. The summed E-state index contributed by atoms with van der Waals surface area (Å²) in [4.78, 5) is 19.6. The van der Waals surface area contributed by atoms with Crippen molar-refractivity contribution in [1.29, 1.82) is 0 Å². The van der Waals surface area contributed by atoms with Gasteiger partial charge in [0, 0.05) is 6.54 Å². The number of aromatic nitrogens is 2. The number of hydrazine groups is 1. The van der Waals surface area contributed by atoms with Crippen LogP contribution < -0.4 is 16.6 Å². The number of rotatable bonds is 6. The zero-order chi connectivity index (χ0) is 12.7. The van der Waals surface area contributed by atoms with Crippen molar-refractivity contribution in [3.8, 4) is 0 Å².